The normalized spacial score (nSPS) is 38.8. The summed E-state index contributed by atoms with van der Waals surface area (Å²) in [5.41, 5.74) is 0.478. The van der Waals surface area contributed by atoms with Crippen molar-refractivity contribution in [2.45, 2.75) is 102 Å². The van der Waals surface area contributed by atoms with Gasteiger partial charge in [0.2, 0.25) is 5.91 Å². The van der Waals surface area contributed by atoms with Crippen molar-refractivity contribution in [1.29, 1.82) is 0 Å². The van der Waals surface area contributed by atoms with Crippen LogP contribution in [0.3, 0.4) is 0 Å². The molecular formula is C26H47ClN2O5. The number of nitrogens with zero attached hydrogens (tertiary/aromatic N) is 1. The van der Waals surface area contributed by atoms with Gasteiger partial charge in [0, 0.05) is 13.2 Å². The first-order chi connectivity index (χ1) is 16.0. The summed E-state index contributed by atoms with van der Waals surface area (Å²) >= 11 is 0. The average molecular weight is 503 g/mol. The Labute approximate surface area is 211 Å². The molecule has 1 aliphatic heterocycles. The fourth-order valence-electron chi connectivity index (χ4n) is 7.75. The SMILES string of the molecule is CCCCN1[C@H](CO)[C@H](O)[C@H](O)[C@H]1C(=O)NCCCCCOCC12CC3CC(CC(C3)C1)C2.Cl. The smallest absolute Gasteiger partial charge is 0.240 e. The molecule has 8 heteroatoms. The number of hydrogen-bond donors (Lipinski definition) is 4. The van der Waals surface area contributed by atoms with E-state index in [2.05, 4.69) is 12.2 Å². The number of nitrogens with one attached hydrogen (secondary N) is 1. The zero-order chi connectivity index (χ0) is 23.4. The van der Waals surface area contributed by atoms with Crippen molar-refractivity contribution >= 4 is 18.3 Å². The van der Waals surface area contributed by atoms with Gasteiger partial charge in [0.15, 0.2) is 0 Å². The highest BCUT2D eigenvalue weighted by atomic mass is 35.5. The minimum Gasteiger partial charge on any atom is -0.395 e. The zero-order valence-corrected chi connectivity index (χ0v) is 21.7. The van der Waals surface area contributed by atoms with Gasteiger partial charge in [-0.2, -0.15) is 0 Å². The first kappa shape index (κ1) is 28.1. The molecule has 1 saturated heterocycles. The summed E-state index contributed by atoms with van der Waals surface area (Å²) in [6, 6.07) is -1.39. The van der Waals surface area contributed by atoms with Crippen molar-refractivity contribution < 1.29 is 24.9 Å². The molecule has 4 N–H and O–H groups in total. The summed E-state index contributed by atoms with van der Waals surface area (Å²) in [4.78, 5) is 14.5. The van der Waals surface area contributed by atoms with E-state index in [0.29, 0.717) is 18.5 Å². The number of rotatable bonds is 13. The molecule has 0 unspecified atom stereocenters. The lowest BCUT2D eigenvalue weighted by atomic mass is 9.50. The van der Waals surface area contributed by atoms with Gasteiger partial charge in [0.05, 0.1) is 25.4 Å². The van der Waals surface area contributed by atoms with Gasteiger partial charge in [-0.25, -0.2) is 0 Å². The number of unbranched alkanes of at least 4 members (excludes halogenated alkanes) is 3. The highest BCUT2D eigenvalue weighted by Crippen LogP contribution is 2.60. The average Bonchev–Trinajstić information content (AvgIpc) is 3.02. The van der Waals surface area contributed by atoms with Crippen LogP contribution in [0.4, 0.5) is 0 Å². The molecule has 4 bridgehead atoms. The predicted molar refractivity (Wildman–Crippen MR) is 134 cm³/mol. The molecule has 198 valence electrons. The third kappa shape index (κ3) is 6.27. The summed E-state index contributed by atoms with van der Waals surface area (Å²) in [6.45, 7) is 4.66. The van der Waals surface area contributed by atoms with E-state index in [4.69, 9.17) is 4.74 Å². The number of hydrogen-bond acceptors (Lipinski definition) is 6. The summed E-state index contributed by atoms with van der Waals surface area (Å²) < 4.78 is 6.15. The molecule has 4 saturated carbocycles. The van der Waals surface area contributed by atoms with Crippen LogP contribution in [0.15, 0.2) is 0 Å². The van der Waals surface area contributed by atoms with E-state index in [-0.39, 0.29) is 24.9 Å². The van der Waals surface area contributed by atoms with Crippen molar-refractivity contribution in [3.8, 4) is 0 Å². The number of carbonyl (C=O) groups is 1. The van der Waals surface area contributed by atoms with E-state index in [1.807, 2.05) is 0 Å². The predicted octanol–water partition coefficient (Wildman–Crippen LogP) is 2.49. The van der Waals surface area contributed by atoms with Gasteiger partial charge >= 0.3 is 0 Å². The highest BCUT2D eigenvalue weighted by Gasteiger charge is 2.51. The van der Waals surface area contributed by atoms with Gasteiger partial charge in [0.1, 0.15) is 12.1 Å². The van der Waals surface area contributed by atoms with Crippen molar-refractivity contribution in [2.24, 2.45) is 23.2 Å². The van der Waals surface area contributed by atoms with Crippen LogP contribution < -0.4 is 5.32 Å². The number of halogens is 1. The molecule has 7 nitrogen and oxygen atoms in total. The second-order valence-electron chi connectivity index (χ2n) is 11.6. The number of aliphatic hydroxyl groups excluding tert-OH is 3. The largest absolute Gasteiger partial charge is 0.395 e. The molecule has 5 fully saturated rings. The van der Waals surface area contributed by atoms with Gasteiger partial charge < -0.3 is 25.4 Å². The molecule has 1 amide bonds. The lowest BCUT2D eigenvalue weighted by molar-refractivity contribution is -0.129. The molecule has 0 spiro atoms. The zero-order valence-electron chi connectivity index (χ0n) is 20.9. The molecule has 0 aromatic rings. The molecule has 0 aromatic carbocycles. The maximum atomic E-state index is 12.7. The Hall–Kier alpha value is -0.440. The van der Waals surface area contributed by atoms with Gasteiger partial charge in [-0.3, -0.25) is 9.69 Å². The number of ether oxygens (including phenoxy) is 1. The van der Waals surface area contributed by atoms with Gasteiger partial charge in [-0.05, 0) is 93.9 Å². The second kappa shape index (κ2) is 12.7. The number of aliphatic hydroxyl groups is 3. The summed E-state index contributed by atoms with van der Waals surface area (Å²) in [5, 5.41) is 33.2. The molecule has 1 heterocycles. The highest BCUT2D eigenvalue weighted by molar-refractivity contribution is 5.85. The van der Waals surface area contributed by atoms with E-state index in [1.165, 1.54) is 38.5 Å². The van der Waals surface area contributed by atoms with Crippen LogP contribution in [0.25, 0.3) is 0 Å². The molecule has 34 heavy (non-hydrogen) atoms. The quantitative estimate of drug-likeness (QED) is 0.289. The summed E-state index contributed by atoms with van der Waals surface area (Å²) in [7, 11) is 0. The van der Waals surface area contributed by atoms with Crippen molar-refractivity contribution in [3.05, 3.63) is 0 Å². The Morgan fingerprint density at radius 1 is 1.00 bits per heavy atom. The van der Waals surface area contributed by atoms with Crippen LogP contribution in [-0.4, -0.2) is 83.3 Å². The molecule has 4 atom stereocenters. The van der Waals surface area contributed by atoms with E-state index in [0.717, 1.165) is 63.1 Å². The molecular weight excluding hydrogens is 456 g/mol. The van der Waals surface area contributed by atoms with Crippen LogP contribution in [-0.2, 0) is 9.53 Å². The number of carbonyl (C=O) groups excluding carboxylic acids is 1. The molecule has 4 aliphatic carbocycles. The Kier molecular flexibility index (Phi) is 10.5. The number of likely N-dealkylation sites (tertiary alicyclic amines) is 1. The van der Waals surface area contributed by atoms with Crippen molar-refractivity contribution in [1.82, 2.24) is 10.2 Å². The fraction of sp³-hybridized carbons (Fsp3) is 0.962. The maximum absolute atomic E-state index is 12.7. The van der Waals surface area contributed by atoms with Gasteiger partial charge in [-0.15, -0.1) is 12.4 Å². The summed E-state index contributed by atoms with van der Waals surface area (Å²) in [5.74, 6) is 2.64. The van der Waals surface area contributed by atoms with Crippen LogP contribution in [0.5, 0.6) is 0 Å². The third-order valence-electron chi connectivity index (χ3n) is 8.91. The Morgan fingerprint density at radius 3 is 2.24 bits per heavy atom. The van der Waals surface area contributed by atoms with Crippen LogP contribution in [0.1, 0.15) is 77.6 Å². The van der Waals surface area contributed by atoms with E-state index in [9.17, 15) is 20.1 Å². The fourth-order valence-corrected chi connectivity index (χ4v) is 7.75. The minimum absolute atomic E-state index is 0. The standard InChI is InChI=1S/C26H46N2O5.ClH/c1-2-3-8-28-21(16-29)23(30)24(31)22(28)25(32)27-7-5-4-6-9-33-17-26-13-18-10-19(14-26)12-20(11-18)15-26;/h18-24,29-31H,2-17H2,1H3,(H,27,32);1H/t18?,19?,20?,21-,22+,23+,24-,26?;/m1./s1. The third-order valence-corrected chi connectivity index (χ3v) is 8.91. The minimum atomic E-state index is -1.17. The van der Waals surface area contributed by atoms with Crippen LogP contribution >= 0.6 is 12.4 Å². The maximum Gasteiger partial charge on any atom is 0.240 e. The second-order valence-corrected chi connectivity index (χ2v) is 11.6. The first-order valence-corrected chi connectivity index (χ1v) is 13.5. The van der Waals surface area contributed by atoms with E-state index in [1.54, 1.807) is 4.90 Å². The van der Waals surface area contributed by atoms with Crippen LogP contribution in [0, 0.1) is 23.2 Å². The topological polar surface area (TPSA) is 102 Å². The number of amides is 1. The molecule has 0 aromatic heterocycles. The lowest BCUT2D eigenvalue weighted by Gasteiger charge is -2.56. The van der Waals surface area contributed by atoms with Gasteiger partial charge in [-0.1, -0.05) is 13.3 Å². The molecule has 5 aliphatic rings. The molecule has 0 radical (unpaired) electrons. The van der Waals surface area contributed by atoms with E-state index >= 15 is 0 Å². The monoisotopic (exact) mass is 502 g/mol. The first-order valence-electron chi connectivity index (χ1n) is 13.5. The summed E-state index contributed by atoms with van der Waals surface area (Å²) in [6.07, 6.45) is 11.0. The Morgan fingerprint density at radius 2 is 1.65 bits per heavy atom. The van der Waals surface area contributed by atoms with Gasteiger partial charge in [0.25, 0.3) is 0 Å². The van der Waals surface area contributed by atoms with Crippen molar-refractivity contribution in [3.63, 3.8) is 0 Å². The molecule has 5 rings (SSSR count). The van der Waals surface area contributed by atoms with Crippen molar-refractivity contribution in [2.75, 3.05) is 32.9 Å². The van der Waals surface area contributed by atoms with E-state index < -0.39 is 24.3 Å². The lowest BCUT2D eigenvalue weighted by Crippen LogP contribution is -2.50. The Balaban J connectivity index is 0.00000324. The van der Waals surface area contributed by atoms with Crippen LogP contribution in [0.2, 0.25) is 0 Å². The Bertz CT molecular complexity index is 615.